The Morgan fingerprint density at radius 2 is 1.90 bits per heavy atom. The molecule has 0 N–H and O–H groups in total. The molecule has 0 bridgehead atoms. The molecule has 112 valence electrons. The molecule has 20 heavy (non-hydrogen) atoms. The molecular weight excluding hydrogens is 359 g/mol. The second kappa shape index (κ2) is 6.35. The summed E-state index contributed by atoms with van der Waals surface area (Å²) in [7, 11) is 0. The number of hydrogen-bond donors (Lipinski definition) is 0. The molecule has 0 radical (unpaired) electrons. The van der Waals surface area contributed by atoms with Gasteiger partial charge in [0.05, 0.1) is 11.7 Å². The molecule has 1 aromatic rings. The zero-order valence-corrected chi connectivity index (χ0v) is 15.3. The summed E-state index contributed by atoms with van der Waals surface area (Å²) in [5.41, 5.74) is 1.54. The van der Waals surface area contributed by atoms with E-state index in [1.807, 2.05) is 0 Å². The monoisotopic (exact) mass is 386 g/mol. The maximum atomic E-state index is 6.61. The predicted molar refractivity (Wildman–Crippen MR) is 94.4 cm³/mol. The third kappa shape index (κ3) is 3.97. The van der Waals surface area contributed by atoms with Crippen LogP contribution in [0.3, 0.4) is 0 Å². The first-order valence-electron chi connectivity index (χ1n) is 7.64. The Morgan fingerprint density at radius 3 is 2.45 bits per heavy atom. The SMILES string of the molecule is CC1CC(OC(C)(CI)c2ccccc2)CC(C)(C)C1. The van der Waals surface area contributed by atoms with Crippen LogP contribution >= 0.6 is 22.6 Å². The van der Waals surface area contributed by atoms with Gasteiger partial charge in [0, 0.05) is 4.43 Å². The lowest BCUT2D eigenvalue weighted by Crippen LogP contribution is -2.39. The molecule has 0 aliphatic heterocycles. The summed E-state index contributed by atoms with van der Waals surface area (Å²) in [5.74, 6) is 0.762. The van der Waals surface area contributed by atoms with Gasteiger partial charge in [0.2, 0.25) is 0 Å². The standard InChI is InChI=1S/C18H27IO/c1-14-10-16(12-17(2,3)11-14)20-18(4,13-19)15-8-6-5-7-9-15/h5-9,14,16H,10-13H2,1-4H3. The Bertz CT molecular complexity index is 428. The first kappa shape index (κ1) is 16.3. The first-order valence-corrected chi connectivity index (χ1v) is 9.16. The van der Waals surface area contributed by atoms with Crippen LogP contribution in [0.15, 0.2) is 30.3 Å². The van der Waals surface area contributed by atoms with Crippen molar-refractivity contribution in [3.8, 4) is 0 Å². The van der Waals surface area contributed by atoms with Crippen LogP contribution in [0, 0.1) is 11.3 Å². The second-order valence-electron chi connectivity index (χ2n) is 7.38. The molecule has 0 saturated heterocycles. The molecule has 0 spiro atoms. The molecule has 1 saturated carbocycles. The average Bonchev–Trinajstić information content (AvgIpc) is 2.37. The van der Waals surface area contributed by atoms with E-state index in [2.05, 4.69) is 80.6 Å². The maximum absolute atomic E-state index is 6.61. The molecular formula is C18H27IO. The highest BCUT2D eigenvalue weighted by Crippen LogP contribution is 2.42. The summed E-state index contributed by atoms with van der Waals surface area (Å²) >= 11 is 2.45. The van der Waals surface area contributed by atoms with E-state index in [0.29, 0.717) is 11.5 Å². The molecule has 0 amide bonds. The lowest BCUT2D eigenvalue weighted by molar-refractivity contribution is -0.110. The van der Waals surface area contributed by atoms with Gasteiger partial charge in [-0.25, -0.2) is 0 Å². The summed E-state index contributed by atoms with van der Waals surface area (Å²) in [6.45, 7) is 9.36. The number of hydrogen-bond acceptors (Lipinski definition) is 1. The van der Waals surface area contributed by atoms with Gasteiger partial charge in [0.25, 0.3) is 0 Å². The number of rotatable bonds is 4. The molecule has 2 heteroatoms. The van der Waals surface area contributed by atoms with Crippen molar-refractivity contribution >= 4 is 22.6 Å². The fourth-order valence-corrected chi connectivity index (χ4v) is 4.30. The summed E-state index contributed by atoms with van der Waals surface area (Å²) in [6.07, 6.45) is 4.08. The maximum Gasteiger partial charge on any atom is 0.0996 e. The van der Waals surface area contributed by atoms with Crippen molar-refractivity contribution in [2.24, 2.45) is 11.3 Å². The van der Waals surface area contributed by atoms with Gasteiger partial charge in [-0.2, -0.15) is 0 Å². The summed E-state index contributed by atoms with van der Waals surface area (Å²) in [5, 5.41) is 0. The number of alkyl halides is 1. The van der Waals surface area contributed by atoms with Gasteiger partial charge < -0.3 is 4.74 Å². The van der Waals surface area contributed by atoms with Crippen LogP contribution in [-0.4, -0.2) is 10.5 Å². The highest BCUT2D eigenvalue weighted by atomic mass is 127. The van der Waals surface area contributed by atoms with Gasteiger partial charge in [-0.1, -0.05) is 73.7 Å². The lowest BCUT2D eigenvalue weighted by Gasteiger charge is -2.42. The van der Waals surface area contributed by atoms with Crippen molar-refractivity contribution in [1.29, 1.82) is 0 Å². The zero-order valence-electron chi connectivity index (χ0n) is 13.2. The smallest absolute Gasteiger partial charge is 0.0996 e. The molecule has 1 nitrogen and oxygen atoms in total. The third-order valence-electron chi connectivity index (χ3n) is 4.41. The van der Waals surface area contributed by atoms with Gasteiger partial charge in [-0.3, -0.25) is 0 Å². The van der Waals surface area contributed by atoms with Crippen molar-refractivity contribution in [1.82, 2.24) is 0 Å². The van der Waals surface area contributed by atoms with E-state index in [1.165, 1.54) is 24.8 Å². The van der Waals surface area contributed by atoms with Gasteiger partial charge in [0.15, 0.2) is 0 Å². The topological polar surface area (TPSA) is 9.23 Å². The number of ether oxygens (including phenoxy) is 1. The Hall–Kier alpha value is -0.0900. The molecule has 1 aliphatic carbocycles. The van der Waals surface area contributed by atoms with E-state index >= 15 is 0 Å². The van der Waals surface area contributed by atoms with Crippen LogP contribution < -0.4 is 0 Å². The minimum atomic E-state index is -0.167. The number of halogens is 1. The predicted octanol–water partition coefficient (Wildman–Crippen LogP) is 5.57. The van der Waals surface area contributed by atoms with Crippen molar-refractivity contribution in [3.63, 3.8) is 0 Å². The molecule has 1 aliphatic rings. The van der Waals surface area contributed by atoms with Gasteiger partial charge in [-0.15, -0.1) is 0 Å². The second-order valence-corrected chi connectivity index (χ2v) is 8.15. The van der Waals surface area contributed by atoms with Crippen LogP contribution in [0.5, 0.6) is 0 Å². The summed E-state index contributed by atoms with van der Waals surface area (Å²) in [6, 6.07) is 10.7. The molecule has 1 aromatic carbocycles. The molecule has 0 heterocycles. The molecule has 3 unspecified atom stereocenters. The third-order valence-corrected chi connectivity index (χ3v) is 5.87. The Morgan fingerprint density at radius 1 is 1.25 bits per heavy atom. The zero-order chi connectivity index (χ0) is 14.8. The van der Waals surface area contributed by atoms with Crippen LogP contribution in [-0.2, 0) is 10.3 Å². The van der Waals surface area contributed by atoms with E-state index in [0.717, 1.165) is 10.3 Å². The Kier molecular flexibility index (Phi) is 5.17. The number of benzene rings is 1. The highest BCUT2D eigenvalue weighted by molar-refractivity contribution is 14.1. The summed E-state index contributed by atoms with van der Waals surface area (Å²) in [4.78, 5) is 0. The molecule has 3 atom stereocenters. The lowest BCUT2D eigenvalue weighted by atomic mass is 9.71. The quantitative estimate of drug-likeness (QED) is 0.486. The van der Waals surface area contributed by atoms with Crippen molar-refractivity contribution in [2.75, 3.05) is 4.43 Å². The van der Waals surface area contributed by atoms with Gasteiger partial charge in [-0.05, 0) is 43.1 Å². The Balaban J connectivity index is 2.14. The highest BCUT2D eigenvalue weighted by Gasteiger charge is 2.37. The van der Waals surface area contributed by atoms with Crippen LogP contribution in [0.4, 0.5) is 0 Å². The summed E-state index contributed by atoms with van der Waals surface area (Å²) < 4.78 is 7.60. The van der Waals surface area contributed by atoms with E-state index in [-0.39, 0.29) is 5.60 Å². The minimum Gasteiger partial charge on any atom is -0.367 e. The van der Waals surface area contributed by atoms with E-state index in [1.54, 1.807) is 0 Å². The van der Waals surface area contributed by atoms with Crippen molar-refractivity contribution in [2.45, 2.75) is 58.7 Å². The van der Waals surface area contributed by atoms with Gasteiger partial charge in [0.1, 0.15) is 0 Å². The average molecular weight is 386 g/mol. The fraction of sp³-hybridized carbons (Fsp3) is 0.667. The largest absolute Gasteiger partial charge is 0.367 e. The fourth-order valence-electron chi connectivity index (χ4n) is 3.68. The van der Waals surface area contributed by atoms with Crippen molar-refractivity contribution < 1.29 is 4.74 Å². The Labute approximate surface area is 137 Å². The molecule has 0 aromatic heterocycles. The van der Waals surface area contributed by atoms with Crippen molar-refractivity contribution in [3.05, 3.63) is 35.9 Å². The van der Waals surface area contributed by atoms with Gasteiger partial charge >= 0.3 is 0 Å². The van der Waals surface area contributed by atoms with Crippen LogP contribution in [0.1, 0.15) is 52.5 Å². The van der Waals surface area contributed by atoms with E-state index in [9.17, 15) is 0 Å². The minimum absolute atomic E-state index is 0.167. The molecule has 1 fully saturated rings. The molecule has 2 rings (SSSR count). The first-order chi connectivity index (χ1) is 9.35. The van der Waals surface area contributed by atoms with E-state index < -0.39 is 0 Å². The van der Waals surface area contributed by atoms with Crippen LogP contribution in [0.25, 0.3) is 0 Å². The van der Waals surface area contributed by atoms with Crippen LogP contribution in [0.2, 0.25) is 0 Å². The normalized spacial score (nSPS) is 28.9. The van der Waals surface area contributed by atoms with E-state index in [4.69, 9.17) is 4.74 Å².